The Morgan fingerprint density at radius 2 is 2.15 bits per heavy atom. The molecular formula is C14H14N2O4. The molecule has 0 bridgehead atoms. The van der Waals surface area contributed by atoms with Crippen LogP contribution in [0.2, 0.25) is 0 Å². The van der Waals surface area contributed by atoms with E-state index in [1.165, 1.54) is 18.0 Å². The molecular weight excluding hydrogens is 260 g/mol. The highest BCUT2D eigenvalue weighted by atomic mass is 16.6. The van der Waals surface area contributed by atoms with Gasteiger partial charge in [-0.1, -0.05) is 12.1 Å². The lowest BCUT2D eigenvalue weighted by Crippen LogP contribution is -2.37. The van der Waals surface area contributed by atoms with Crippen molar-refractivity contribution in [3.05, 3.63) is 36.2 Å². The standard InChI is InChI=1S/C14H14N2O4/c1-16-13(11(18-2)7-15-16)14(17)12-8-19-9-5-3-4-6-10(9)20-12/h3-7,12H,8H2,1-2H3. The number of hydrogen-bond acceptors (Lipinski definition) is 5. The number of para-hydroxylation sites is 2. The van der Waals surface area contributed by atoms with Crippen LogP contribution in [0.25, 0.3) is 0 Å². The van der Waals surface area contributed by atoms with Crippen molar-refractivity contribution in [3.8, 4) is 17.2 Å². The van der Waals surface area contributed by atoms with Crippen LogP contribution in [0.1, 0.15) is 10.5 Å². The Morgan fingerprint density at radius 3 is 2.90 bits per heavy atom. The van der Waals surface area contributed by atoms with E-state index in [0.717, 1.165) is 0 Å². The van der Waals surface area contributed by atoms with Crippen molar-refractivity contribution in [1.82, 2.24) is 9.78 Å². The first-order valence-electron chi connectivity index (χ1n) is 6.19. The Balaban J connectivity index is 1.88. The van der Waals surface area contributed by atoms with Crippen molar-refractivity contribution in [3.63, 3.8) is 0 Å². The number of aromatic nitrogens is 2. The molecule has 2 aromatic rings. The van der Waals surface area contributed by atoms with Gasteiger partial charge in [0.1, 0.15) is 12.3 Å². The zero-order chi connectivity index (χ0) is 14.1. The summed E-state index contributed by atoms with van der Waals surface area (Å²) in [6, 6.07) is 7.27. The van der Waals surface area contributed by atoms with Crippen LogP contribution >= 0.6 is 0 Å². The molecule has 0 spiro atoms. The fraction of sp³-hybridized carbons (Fsp3) is 0.286. The lowest BCUT2D eigenvalue weighted by atomic mass is 10.1. The van der Waals surface area contributed by atoms with Crippen molar-refractivity contribution in [2.75, 3.05) is 13.7 Å². The first-order valence-corrected chi connectivity index (χ1v) is 6.19. The highest BCUT2D eigenvalue weighted by Crippen LogP contribution is 2.32. The van der Waals surface area contributed by atoms with Gasteiger partial charge >= 0.3 is 0 Å². The Labute approximate surface area is 115 Å². The molecule has 0 fully saturated rings. The van der Waals surface area contributed by atoms with Crippen LogP contribution in [0.3, 0.4) is 0 Å². The van der Waals surface area contributed by atoms with E-state index >= 15 is 0 Å². The fourth-order valence-corrected chi connectivity index (χ4v) is 2.15. The van der Waals surface area contributed by atoms with E-state index in [1.807, 2.05) is 12.1 Å². The quantitative estimate of drug-likeness (QED) is 0.793. The number of aryl methyl sites for hydroxylation is 1. The van der Waals surface area contributed by atoms with E-state index in [4.69, 9.17) is 14.2 Å². The molecule has 0 amide bonds. The number of carbonyl (C=O) groups excluding carboxylic acids is 1. The fourth-order valence-electron chi connectivity index (χ4n) is 2.15. The summed E-state index contributed by atoms with van der Waals surface area (Å²) in [5, 5.41) is 4.02. The summed E-state index contributed by atoms with van der Waals surface area (Å²) in [5.41, 5.74) is 0.375. The number of rotatable bonds is 3. The van der Waals surface area contributed by atoms with E-state index in [-0.39, 0.29) is 12.4 Å². The van der Waals surface area contributed by atoms with Gasteiger partial charge in [-0.15, -0.1) is 0 Å². The molecule has 6 heteroatoms. The molecule has 104 valence electrons. The largest absolute Gasteiger partial charge is 0.493 e. The van der Waals surface area contributed by atoms with Gasteiger partial charge in [0.25, 0.3) is 0 Å². The highest BCUT2D eigenvalue weighted by Gasteiger charge is 2.32. The molecule has 0 radical (unpaired) electrons. The summed E-state index contributed by atoms with van der Waals surface area (Å²) in [5.74, 6) is 1.43. The van der Waals surface area contributed by atoms with Gasteiger partial charge in [0.2, 0.25) is 5.78 Å². The molecule has 0 saturated carbocycles. The van der Waals surface area contributed by atoms with Crippen LogP contribution in [-0.4, -0.2) is 35.4 Å². The number of ether oxygens (including phenoxy) is 3. The average Bonchev–Trinajstić information content (AvgIpc) is 2.87. The number of carbonyl (C=O) groups is 1. The van der Waals surface area contributed by atoms with E-state index < -0.39 is 6.10 Å². The molecule has 20 heavy (non-hydrogen) atoms. The second-order valence-electron chi connectivity index (χ2n) is 4.41. The molecule has 3 rings (SSSR count). The van der Waals surface area contributed by atoms with E-state index in [9.17, 15) is 4.79 Å². The van der Waals surface area contributed by atoms with Gasteiger partial charge in [0, 0.05) is 7.05 Å². The maximum Gasteiger partial charge on any atom is 0.228 e. The van der Waals surface area contributed by atoms with Crippen LogP contribution in [0, 0.1) is 0 Å². The normalized spacial score (nSPS) is 16.8. The molecule has 1 aromatic carbocycles. The van der Waals surface area contributed by atoms with Crippen molar-refractivity contribution in [2.45, 2.75) is 6.10 Å². The number of nitrogens with zero attached hydrogens (tertiary/aromatic N) is 2. The number of benzene rings is 1. The van der Waals surface area contributed by atoms with Crippen LogP contribution in [0.5, 0.6) is 17.2 Å². The Bertz CT molecular complexity index is 650. The first kappa shape index (κ1) is 12.5. The van der Waals surface area contributed by atoms with Crippen molar-refractivity contribution in [2.24, 2.45) is 7.05 Å². The maximum atomic E-state index is 12.5. The molecule has 0 N–H and O–H groups in total. The predicted octanol–water partition coefficient (Wildman–Crippen LogP) is 1.45. The number of fused-ring (bicyclic) bond motifs is 1. The van der Waals surface area contributed by atoms with Gasteiger partial charge in [-0.05, 0) is 12.1 Å². The minimum atomic E-state index is -0.700. The topological polar surface area (TPSA) is 62.6 Å². The van der Waals surface area contributed by atoms with Crippen molar-refractivity contribution in [1.29, 1.82) is 0 Å². The van der Waals surface area contributed by atoms with Crippen LogP contribution in [0.15, 0.2) is 30.5 Å². The molecule has 2 heterocycles. The van der Waals surface area contributed by atoms with Gasteiger partial charge in [-0.2, -0.15) is 5.10 Å². The summed E-state index contributed by atoms with van der Waals surface area (Å²) >= 11 is 0. The number of Topliss-reactive ketones (excluding diaryl/α,β-unsaturated/α-hetero) is 1. The van der Waals surface area contributed by atoms with E-state index in [0.29, 0.717) is 22.9 Å². The van der Waals surface area contributed by atoms with Crippen LogP contribution < -0.4 is 14.2 Å². The monoisotopic (exact) mass is 274 g/mol. The lowest BCUT2D eigenvalue weighted by molar-refractivity contribution is 0.0574. The van der Waals surface area contributed by atoms with Gasteiger partial charge in [0.05, 0.1) is 13.3 Å². The smallest absolute Gasteiger partial charge is 0.228 e. The Kier molecular flexibility index (Phi) is 3.06. The van der Waals surface area contributed by atoms with Gasteiger partial charge in [-0.3, -0.25) is 9.48 Å². The molecule has 1 atom stereocenters. The minimum absolute atomic E-state index is 0.171. The predicted molar refractivity (Wildman–Crippen MR) is 70.4 cm³/mol. The summed E-state index contributed by atoms with van der Waals surface area (Å²) in [6.45, 7) is 0.171. The number of methoxy groups -OCH3 is 1. The van der Waals surface area contributed by atoms with Gasteiger partial charge in [0.15, 0.2) is 23.4 Å². The summed E-state index contributed by atoms with van der Waals surface area (Å²) in [7, 11) is 3.19. The Hall–Kier alpha value is -2.50. The van der Waals surface area contributed by atoms with Gasteiger partial charge < -0.3 is 14.2 Å². The summed E-state index contributed by atoms with van der Waals surface area (Å²) in [6.07, 6.45) is 0.805. The lowest BCUT2D eigenvalue weighted by Gasteiger charge is -2.25. The third kappa shape index (κ3) is 1.99. The third-order valence-electron chi connectivity index (χ3n) is 3.16. The van der Waals surface area contributed by atoms with Crippen molar-refractivity contribution >= 4 is 5.78 Å². The molecule has 1 unspecified atom stereocenters. The van der Waals surface area contributed by atoms with E-state index in [2.05, 4.69) is 5.10 Å². The second-order valence-corrected chi connectivity index (χ2v) is 4.41. The first-order chi connectivity index (χ1) is 9.70. The molecule has 1 aromatic heterocycles. The third-order valence-corrected chi connectivity index (χ3v) is 3.16. The molecule has 1 aliphatic heterocycles. The summed E-state index contributed by atoms with van der Waals surface area (Å²) < 4.78 is 17.9. The van der Waals surface area contributed by atoms with Gasteiger partial charge in [-0.25, -0.2) is 0 Å². The zero-order valence-corrected chi connectivity index (χ0v) is 11.2. The van der Waals surface area contributed by atoms with Crippen LogP contribution in [-0.2, 0) is 7.05 Å². The van der Waals surface area contributed by atoms with Crippen molar-refractivity contribution < 1.29 is 19.0 Å². The van der Waals surface area contributed by atoms with Crippen LogP contribution in [0.4, 0.5) is 0 Å². The van der Waals surface area contributed by atoms with E-state index in [1.54, 1.807) is 19.2 Å². The molecule has 6 nitrogen and oxygen atoms in total. The maximum absolute atomic E-state index is 12.5. The highest BCUT2D eigenvalue weighted by molar-refractivity contribution is 6.00. The number of ketones is 1. The second kappa shape index (κ2) is 4.88. The molecule has 0 aliphatic carbocycles. The molecule has 1 aliphatic rings. The molecule has 0 saturated heterocycles. The SMILES string of the molecule is COc1cnn(C)c1C(=O)C1COc2ccccc2O1. The average molecular weight is 274 g/mol. The number of hydrogen-bond donors (Lipinski definition) is 0. The minimum Gasteiger partial charge on any atom is -0.493 e. The Morgan fingerprint density at radius 1 is 1.40 bits per heavy atom. The zero-order valence-electron chi connectivity index (χ0n) is 11.2. The summed E-state index contributed by atoms with van der Waals surface area (Å²) in [4.78, 5) is 12.5.